The van der Waals surface area contributed by atoms with E-state index in [0.29, 0.717) is 24.2 Å². The molecule has 8 heteroatoms. The number of imide groups is 1. The Bertz CT molecular complexity index is 1060. The summed E-state index contributed by atoms with van der Waals surface area (Å²) < 4.78 is 6.62. The molecule has 0 bridgehead atoms. The monoisotopic (exact) mass is 395 g/mol. The van der Waals surface area contributed by atoms with Crippen LogP contribution in [0.3, 0.4) is 0 Å². The number of fused-ring (bicyclic) bond motifs is 2. The van der Waals surface area contributed by atoms with E-state index in [1.54, 1.807) is 12.3 Å². The van der Waals surface area contributed by atoms with Gasteiger partial charge in [0, 0.05) is 18.8 Å². The maximum Gasteiger partial charge on any atom is 0.307 e. The van der Waals surface area contributed by atoms with Crippen molar-refractivity contribution in [3.05, 3.63) is 58.2 Å². The number of pyridine rings is 1. The fourth-order valence-corrected chi connectivity index (χ4v) is 3.85. The number of allylic oxidation sites excluding steroid dienone is 2. The van der Waals surface area contributed by atoms with Crippen LogP contribution in [-0.4, -0.2) is 38.6 Å². The van der Waals surface area contributed by atoms with E-state index >= 15 is 0 Å². The molecule has 0 radical (unpaired) electrons. The molecule has 1 saturated heterocycles. The molecule has 3 heterocycles. The molecule has 2 aliphatic rings. The van der Waals surface area contributed by atoms with Gasteiger partial charge in [-0.25, -0.2) is 4.98 Å². The number of hydrogen-bond acceptors (Lipinski definition) is 6. The first-order valence-corrected chi connectivity index (χ1v) is 9.59. The summed E-state index contributed by atoms with van der Waals surface area (Å²) in [6.07, 6.45) is 6.58. The van der Waals surface area contributed by atoms with Crippen molar-refractivity contribution in [2.45, 2.75) is 32.8 Å². The van der Waals surface area contributed by atoms with E-state index in [0.717, 1.165) is 5.56 Å². The molecule has 150 valence electrons. The lowest BCUT2D eigenvalue weighted by atomic mass is 9.85. The summed E-state index contributed by atoms with van der Waals surface area (Å²) >= 11 is 0. The van der Waals surface area contributed by atoms with Gasteiger partial charge in [-0.05, 0) is 31.4 Å². The number of aromatic nitrogens is 2. The molecule has 1 aliphatic heterocycles. The predicted octanol–water partition coefficient (Wildman–Crippen LogP) is 1.39. The summed E-state index contributed by atoms with van der Waals surface area (Å²) in [5.74, 6) is -1.58. The standard InChI is InChI=1S/C21H21N3O5/c1-13-6-7-17-22-14(10-18(25)24(17)11-13)12-29-19(26)8-9-23-20(27)15-4-2-3-5-16(15)21(23)28/h2-3,6-7,10-11,15-16H,4-5,8-9,12H2,1H3/t15-,16-/m0/s1. The number of carbonyl (C=O) groups is 3. The van der Waals surface area contributed by atoms with Crippen molar-refractivity contribution in [2.75, 3.05) is 6.54 Å². The van der Waals surface area contributed by atoms with Crippen LogP contribution in [0.4, 0.5) is 0 Å². The molecule has 0 saturated carbocycles. The predicted molar refractivity (Wildman–Crippen MR) is 103 cm³/mol. The summed E-state index contributed by atoms with van der Waals surface area (Å²) in [5, 5.41) is 0. The molecule has 0 unspecified atom stereocenters. The number of aryl methyl sites for hydroxylation is 1. The van der Waals surface area contributed by atoms with Crippen LogP contribution in [-0.2, 0) is 25.7 Å². The number of esters is 1. The second-order valence-electron chi connectivity index (χ2n) is 7.41. The lowest BCUT2D eigenvalue weighted by Crippen LogP contribution is -2.33. The Hall–Kier alpha value is -3.29. The van der Waals surface area contributed by atoms with Gasteiger partial charge in [-0.3, -0.25) is 28.5 Å². The first-order valence-electron chi connectivity index (χ1n) is 9.59. The van der Waals surface area contributed by atoms with E-state index in [4.69, 9.17) is 4.74 Å². The van der Waals surface area contributed by atoms with Gasteiger partial charge in [0.25, 0.3) is 5.56 Å². The number of nitrogens with zero attached hydrogens (tertiary/aromatic N) is 3. The van der Waals surface area contributed by atoms with Crippen LogP contribution in [0.25, 0.3) is 5.65 Å². The smallest absolute Gasteiger partial charge is 0.307 e. The van der Waals surface area contributed by atoms with Crippen LogP contribution in [0.5, 0.6) is 0 Å². The van der Waals surface area contributed by atoms with Crippen LogP contribution in [0.2, 0.25) is 0 Å². The highest BCUT2D eigenvalue weighted by atomic mass is 16.5. The highest BCUT2D eigenvalue weighted by Crippen LogP contribution is 2.35. The van der Waals surface area contributed by atoms with Gasteiger partial charge in [0.15, 0.2) is 0 Å². The van der Waals surface area contributed by atoms with E-state index < -0.39 is 5.97 Å². The highest BCUT2D eigenvalue weighted by molar-refractivity contribution is 6.05. The first kappa shape index (κ1) is 19.0. The molecule has 0 aromatic carbocycles. The van der Waals surface area contributed by atoms with Crippen molar-refractivity contribution in [1.29, 1.82) is 0 Å². The van der Waals surface area contributed by atoms with Crippen molar-refractivity contribution in [3.8, 4) is 0 Å². The number of rotatable bonds is 5. The average Bonchev–Trinajstić information content (AvgIpc) is 2.96. The Labute approximate surface area is 166 Å². The molecule has 2 aromatic heterocycles. The third-order valence-electron chi connectivity index (χ3n) is 5.38. The first-order chi connectivity index (χ1) is 13.9. The van der Waals surface area contributed by atoms with Crippen molar-refractivity contribution in [3.63, 3.8) is 0 Å². The Morgan fingerprint density at radius 2 is 1.83 bits per heavy atom. The van der Waals surface area contributed by atoms with Gasteiger partial charge in [-0.2, -0.15) is 0 Å². The molecule has 29 heavy (non-hydrogen) atoms. The zero-order valence-corrected chi connectivity index (χ0v) is 16.0. The Morgan fingerprint density at radius 3 is 2.52 bits per heavy atom. The van der Waals surface area contributed by atoms with Crippen LogP contribution in [0.1, 0.15) is 30.5 Å². The lowest BCUT2D eigenvalue weighted by molar-refractivity contribution is -0.146. The van der Waals surface area contributed by atoms with E-state index in [2.05, 4.69) is 4.98 Å². The number of hydrogen-bond donors (Lipinski definition) is 0. The zero-order valence-electron chi connectivity index (χ0n) is 16.0. The number of likely N-dealkylation sites (tertiary alicyclic amines) is 1. The SMILES string of the molecule is Cc1ccc2nc(COC(=O)CCN3C(=O)[C@H]4CC=CC[C@@H]4C3=O)cc(=O)n2c1. The number of amides is 2. The summed E-state index contributed by atoms with van der Waals surface area (Å²) in [7, 11) is 0. The van der Waals surface area contributed by atoms with E-state index in [-0.39, 0.29) is 48.8 Å². The molecule has 1 aliphatic carbocycles. The summed E-state index contributed by atoms with van der Waals surface area (Å²) in [5.41, 5.74) is 1.49. The summed E-state index contributed by atoms with van der Waals surface area (Å²) in [6.45, 7) is 1.74. The minimum atomic E-state index is -0.551. The van der Waals surface area contributed by atoms with Crippen molar-refractivity contribution in [2.24, 2.45) is 11.8 Å². The van der Waals surface area contributed by atoms with E-state index in [9.17, 15) is 19.2 Å². The normalized spacial score (nSPS) is 20.9. The topological polar surface area (TPSA) is 98.0 Å². The lowest BCUT2D eigenvalue weighted by Gasteiger charge is -2.14. The quantitative estimate of drug-likeness (QED) is 0.431. The fourth-order valence-electron chi connectivity index (χ4n) is 3.85. The average molecular weight is 395 g/mol. The summed E-state index contributed by atoms with van der Waals surface area (Å²) in [6, 6.07) is 4.89. The Balaban J connectivity index is 1.34. The van der Waals surface area contributed by atoms with Crippen LogP contribution < -0.4 is 5.56 Å². The third kappa shape index (κ3) is 3.70. The van der Waals surface area contributed by atoms with E-state index in [1.165, 1.54) is 15.4 Å². The van der Waals surface area contributed by atoms with Crippen LogP contribution in [0, 0.1) is 18.8 Å². The Kier molecular flexibility index (Phi) is 5.00. The molecule has 2 aromatic rings. The molecule has 0 spiro atoms. The van der Waals surface area contributed by atoms with Gasteiger partial charge in [-0.15, -0.1) is 0 Å². The van der Waals surface area contributed by atoms with Gasteiger partial charge in [0.05, 0.1) is 24.0 Å². The second kappa shape index (κ2) is 7.62. The van der Waals surface area contributed by atoms with Gasteiger partial charge >= 0.3 is 5.97 Å². The van der Waals surface area contributed by atoms with Gasteiger partial charge in [0.2, 0.25) is 11.8 Å². The summed E-state index contributed by atoms with van der Waals surface area (Å²) in [4.78, 5) is 54.6. The van der Waals surface area contributed by atoms with Gasteiger partial charge < -0.3 is 4.74 Å². The molecule has 1 fully saturated rings. The Morgan fingerprint density at radius 1 is 1.14 bits per heavy atom. The molecule has 8 nitrogen and oxygen atoms in total. The van der Waals surface area contributed by atoms with Crippen LogP contribution >= 0.6 is 0 Å². The second-order valence-corrected chi connectivity index (χ2v) is 7.41. The molecule has 2 atom stereocenters. The fraction of sp³-hybridized carbons (Fsp3) is 0.381. The largest absolute Gasteiger partial charge is 0.459 e. The number of carbonyl (C=O) groups excluding carboxylic acids is 3. The maximum absolute atomic E-state index is 12.4. The third-order valence-corrected chi connectivity index (χ3v) is 5.38. The number of ether oxygens (including phenoxy) is 1. The van der Waals surface area contributed by atoms with Crippen molar-refractivity contribution < 1.29 is 19.1 Å². The zero-order chi connectivity index (χ0) is 20.5. The van der Waals surface area contributed by atoms with Crippen molar-refractivity contribution in [1.82, 2.24) is 14.3 Å². The molecule has 4 rings (SSSR count). The maximum atomic E-state index is 12.4. The molecule has 0 N–H and O–H groups in total. The molecule has 2 amide bonds. The molecular formula is C21H21N3O5. The molecular weight excluding hydrogens is 374 g/mol. The van der Waals surface area contributed by atoms with Gasteiger partial charge in [0.1, 0.15) is 12.3 Å². The minimum absolute atomic E-state index is 0.0105. The van der Waals surface area contributed by atoms with Crippen LogP contribution in [0.15, 0.2) is 41.3 Å². The minimum Gasteiger partial charge on any atom is -0.459 e. The van der Waals surface area contributed by atoms with Crippen molar-refractivity contribution >= 4 is 23.4 Å². The van der Waals surface area contributed by atoms with E-state index in [1.807, 2.05) is 25.1 Å². The highest BCUT2D eigenvalue weighted by Gasteiger charge is 2.46. The van der Waals surface area contributed by atoms with Gasteiger partial charge in [-0.1, -0.05) is 18.2 Å².